The van der Waals surface area contributed by atoms with Crippen LogP contribution in [0.5, 0.6) is 0 Å². The highest BCUT2D eigenvalue weighted by Gasteiger charge is 2.39. The van der Waals surface area contributed by atoms with Gasteiger partial charge in [-0.25, -0.2) is 0 Å². The number of carbonyl (C=O) groups excluding carboxylic acids is 1. The van der Waals surface area contributed by atoms with Gasteiger partial charge in [0, 0.05) is 24.7 Å². The van der Waals surface area contributed by atoms with Gasteiger partial charge in [-0.1, -0.05) is 44.8 Å². The quantitative estimate of drug-likeness (QED) is 0.401. The molecule has 0 radical (unpaired) electrons. The molecule has 1 saturated carbocycles. The Kier molecular flexibility index (Phi) is 9.10. The maximum Gasteiger partial charge on any atom is 0.303 e. The molecule has 3 N–H and O–H groups in total. The monoisotopic (exact) mass is 326 g/mol. The van der Waals surface area contributed by atoms with Crippen LogP contribution < -0.4 is 0 Å². The van der Waals surface area contributed by atoms with Crippen molar-refractivity contribution in [2.45, 2.75) is 76.9 Å². The van der Waals surface area contributed by atoms with Gasteiger partial charge in [0.05, 0.1) is 12.2 Å². The van der Waals surface area contributed by atoms with E-state index >= 15 is 0 Å². The molecule has 1 aliphatic carbocycles. The number of unbranched alkanes of at least 4 members (excludes halogenated alkanes) is 3. The summed E-state index contributed by atoms with van der Waals surface area (Å²) in [5.41, 5.74) is 0. The average Bonchev–Trinajstić information content (AvgIpc) is 2.75. The Bertz CT molecular complexity index is 404. The number of aliphatic carboxylic acids is 1. The van der Waals surface area contributed by atoms with Gasteiger partial charge in [0.2, 0.25) is 0 Å². The van der Waals surface area contributed by atoms with E-state index in [4.69, 9.17) is 5.11 Å². The van der Waals surface area contributed by atoms with Crippen LogP contribution in [0.1, 0.15) is 64.7 Å². The number of hydrogen-bond donors (Lipinski definition) is 3. The molecular formula is C18H30O5. The molecule has 0 aromatic rings. The van der Waals surface area contributed by atoms with Crippen LogP contribution in [0.15, 0.2) is 12.2 Å². The molecule has 5 heteroatoms. The molecule has 0 amide bonds. The Morgan fingerprint density at radius 1 is 1.30 bits per heavy atom. The second-order valence-electron chi connectivity index (χ2n) is 6.51. The normalized spacial score (nSPS) is 26.0. The Hall–Kier alpha value is -1.20. The van der Waals surface area contributed by atoms with Crippen LogP contribution >= 0.6 is 0 Å². The van der Waals surface area contributed by atoms with Crippen LogP contribution in [0.3, 0.4) is 0 Å². The molecular weight excluding hydrogens is 296 g/mol. The van der Waals surface area contributed by atoms with E-state index in [2.05, 4.69) is 6.92 Å². The highest BCUT2D eigenvalue weighted by Crippen LogP contribution is 2.34. The topological polar surface area (TPSA) is 94.8 Å². The number of ketones is 1. The van der Waals surface area contributed by atoms with E-state index < -0.39 is 18.2 Å². The number of carboxylic acids is 1. The summed E-state index contributed by atoms with van der Waals surface area (Å²) in [7, 11) is 0. The zero-order valence-corrected chi connectivity index (χ0v) is 14.0. The smallest absolute Gasteiger partial charge is 0.303 e. The lowest BCUT2D eigenvalue weighted by Crippen LogP contribution is -2.19. The summed E-state index contributed by atoms with van der Waals surface area (Å²) in [6, 6.07) is 0. The van der Waals surface area contributed by atoms with Crippen molar-refractivity contribution in [3.63, 3.8) is 0 Å². The fraction of sp³-hybridized carbons (Fsp3) is 0.778. The predicted octanol–water partition coefficient (Wildman–Crippen LogP) is 2.69. The minimum absolute atomic E-state index is 0.0444. The highest BCUT2D eigenvalue weighted by atomic mass is 16.4. The first kappa shape index (κ1) is 19.8. The Morgan fingerprint density at radius 3 is 2.70 bits per heavy atom. The number of Topliss-reactive ketones (excluding diaryl/α,β-unsaturated/α-hetero) is 1. The third kappa shape index (κ3) is 7.27. The SMILES string of the molecule is CCCCC[C@@H](O)/C=C/[C@@H]1[C@@H](O)CC(=O)[C@@H]1CCCCC(=O)O. The van der Waals surface area contributed by atoms with Crippen LogP contribution in [-0.2, 0) is 9.59 Å². The lowest BCUT2D eigenvalue weighted by atomic mass is 9.88. The van der Waals surface area contributed by atoms with Crippen molar-refractivity contribution in [2.24, 2.45) is 11.8 Å². The molecule has 1 rings (SSSR count). The number of carboxylic acid groups (broad SMARTS) is 1. The molecule has 0 aliphatic heterocycles. The molecule has 132 valence electrons. The summed E-state index contributed by atoms with van der Waals surface area (Å²) < 4.78 is 0. The lowest BCUT2D eigenvalue weighted by molar-refractivity contribution is -0.137. The van der Waals surface area contributed by atoms with E-state index in [1.165, 1.54) is 0 Å². The fourth-order valence-corrected chi connectivity index (χ4v) is 3.19. The van der Waals surface area contributed by atoms with E-state index in [0.717, 1.165) is 19.3 Å². The predicted molar refractivity (Wildman–Crippen MR) is 88.0 cm³/mol. The van der Waals surface area contributed by atoms with Crippen molar-refractivity contribution >= 4 is 11.8 Å². The van der Waals surface area contributed by atoms with E-state index in [0.29, 0.717) is 25.7 Å². The molecule has 0 unspecified atom stereocenters. The fourth-order valence-electron chi connectivity index (χ4n) is 3.19. The second-order valence-corrected chi connectivity index (χ2v) is 6.51. The summed E-state index contributed by atoms with van der Waals surface area (Å²) in [4.78, 5) is 22.5. The third-order valence-corrected chi connectivity index (χ3v) is 4.55. The first-order valence-corrected chi connectivity index (χ1v) is 8.74. The van der Waals surface area contributed by atoms with Crippen molar-refractivity contribution in [1.29, 1.82) is 0 Å². The van der Waals surface area contributed by atoms with Crippen molar-refractivity contribution in [2.75, 3.05) is 0 Å². The average molecular weight is 326 g/mol. The van der Waals surface area contributed by atoms with Gasteiger partial charge in [0.1, 0.15) is 5.78 Å². The Balaban J connectivity index is 2.48. The van der Waals surface area contributed by atoms with E-state index in [9.17, 15) is 19.8 Å². The molecule has 0 spiro atoms. The molecule has 5 nitrogen and oxygen atoms in total. The van der Waals surface area contributed by atoms with Crippen molar-refractivity contribution in [3.8, 4) is 0 Å². The first-order valence-electron chi connectivity index (χ1n) is 8.74. The van der Waals surface area contributed by atoms with Gasteiger partial charge in [-0.15, -0.1) is 0 Å². The molecule has 0 heterocycles. The maximum atomic E-state index is 12.0. The number of rotatable bonds is 11. The van der Waals surface area contributed by atoms with Crippen LogP contribution in [0.2, 0.25) is 0 Å². The van der Waals surface area contributed by atoms with E-state index in [1.807, 2.05) is 0 Å². The summed E-state index contributed by atoms with van der Waals surface area (Å²) in [5, 5.41) is 28.6. The zero-order valence-electron chi connectivity index (χ0n) is 14.0. The Morgan fingerprint density at radius 2 is 2.04 bits per heavy atom. The van der Waals surface area contributed by atoms with Crippen molar-refractivity contribution in [1.82, 2.24) is 0 Å². The molecule has 0 aromatic carbocycles. The summed E-state index contributed by atoms with van der Waals surface area (Å²) in [6.45, 7) is 2.11. The Labute approximate surface area is 138 Å². The molecule has 1 aliphatic rings. The van der Waals surface area contributed by atoms with Gasteiger partial charge in [0.15, 0.2) is 0 Å². The minimum atomic E-state index is -0.825. The highest BCUT2D eigenvalue weighted by molar-refractivity contribution is 5.84. The van der Waals surface area contributed by atoms with Crippen molar-refractivity contribution in [3.05, 3.63) is 12.2 Å². The van der Waals surface area contributed by atoms with Gasteiger partial charge in [-0.3, -0.25) is 9.59 Å². The standard InChI is InChI=1S/C18H30O5/c1-2-3-4-7-13(19)10-11-15-14(16(20)12-17(15)21)8-5-6-9-18(22)23/h10-11,13-15,17,19,21H,2-9,12H2,1H3,(H,22,23)/b11-10+/t13-,14-,15+,17+/m1/s1. The summed E-state index contributed by atoms with van der Waals surface area (Å²) in [6.07, 6.45) is 8.20. The van der Waals surface area contributed by atoms with Crippen LogP contribution in [0, 0.1) is 11.8 Å². The van der Waals surface area contributed by atoms with Crippen LogP contribution in [0.4, 0.5) is 0 Å². The number of aliphatic hydroxyl groups is 2. The number of carbonyl (C=O) groups is 2. The summed E-state index contributed by atoms with van der Waals surface area (Å²) >= 11 is 0. The van der Waals surface area contributed by atoms with E-state index in [-0.39, 0.29) is 30.5 Å². The minimum Gasteiger partial charge on any atom is -0.481 e. The number of aliphatic hydroxyl groups excluding tert-OH is 2. The van der Waals surface area contributed by atoms with Gasteiger partial charge in [-0.05, 0) is 19.3 Å². The maximum absolute atomic E-state index is 12.0. The summed E-state index contributed by atoms with van der Waals surface area (Å²) in [5.74, 6) is -1.29. The molecule has 0 saturated heterocycles. The molecule has 4 atom stereocenters. The number of hydrogen-bond acceptors (Lipinski definition) is 4. The largest absolute Gasteiger partial charge is 0.481 e. The van der Waals surface area contributed by atoms with Gasteiger partial charge in [-0.2, -0.15) is 0 Å². The zero-order chi connectivity index (χ0) is 17.2. The van der Waals surface area contributed by atoms with Gasteiger partial charge >= 0.3 is 5.97 Å². The molecule has 0 aromatic heterocycles. The third-order valence-electron chi connectivity index (χ3n) is 4.55. The molecule has 1 fully saturated rings. The van der Waals surface area contributed by atoms with Gasteiger partial charge < -0.3 is 15.3 Å². The lowest BCUT2D eigenvalue weighted by Gasteiger charge is -2.18. The van der Waals surface area contributed by atoms with E-state index in [1.54, 1.807) is 12.2 Å². The van der Waals surface area contributed by atoms with Crippen LogP contribution in [0.25, 0.3) is 0 Å². The molecule has 23 heavy (non-hydrogen) atoms. The van der Waals surface area contributed by atoms with Crippen molar-refractivity contribution < 1.29 is 24.9 Å². The van der Waals surface area contributed by atoms with Crippen LogP contribution in [-0.4, -0.2) is 39.3 Å². The van der Waals surface area contributed by atoms with Gasteiger partial charge in [0.25, 0.3) is 0 Å². The molecule has 0 bridgehead atoms. The first-order chi connectivity index (χ1) is 11.0. The second kappa shape index (κ2) is 10.6.